The lowest BCUT2D eigenvalue weighted by atomic mass is 10.1. The summed E-state index contributed by atoms with van der Waals surface area (Å²) in [5.74, 6) is 0.831. The van der Waals surface area contributed by atoms with Crippen LogP contribution in [0.1, 0.15) is 0 Å². The zero-order valence-corrected chi connectivity index (χ0v) is 9.37. The second kappa shape index (κ2) is 3.90. The molecule has 17 heavy (non-hydrogen) atoms. The molecule has 4 nitrogen and oxygen atoms in total. The Kier molecular flexibility index (Phi) is 2.26. The number of aromatic nitrogens is 3. The lowest BCUT2D eigenvalue weighted by Gasteiger charge is -2.00. The van der Waals surface area contributed by atoms with Crippen molar-refractivity contribution in [1.82, 2.24) is 14.4 Å². The number of rotatable bonds is 2. The summed E-state index contributed by atoms with van der Waals surface area (Å²) in [6.45, 7) is 0. The predicted octanol–water partition coefficient (Wildman–Crippen LogP) is 2.40. The molecule has 0 spiro atoms. The third-order valence-corrected chi connectivity index (χ3v) is 2.63. The minimum atomic E-state index is 0.831. The molecule has 0 saturated heterocycles. The zero-order chi connectivity index (χ0) is 11.7. The highest BCUT2D eigenvalue weighted by Gasteiger charge is 2.04. The van der Waals surface area contributed by atoms with Crippen LogP contribution < -0.4 is 4.74 Å². The van der Waals surface area contributed by atoms with Crippen LogP contribution >= 0.6 is 0 Å². The molecule has 0 aliphatic carbocycles. The largest absolute Gasteiger partial charge is 0.497 e. The third kappa shape index (κ3) is 1.73. The van der Waals surface area contributed by atoms with E-state index in [1.54, 1.807) is 19.5 Å². The molecule has 0 aliphatic heterocycles. The average molecular weight is 225 g/mol. The van der Waals surface area contributed by atoms with Gasteiger partial charge in [0, 0.05) is 24.2 Å². The van der Waals surface area contributed by atoms with E-state index in [0.29, 0.717) is 0 Å². The summed E-state index contributed by atoms with van der Waals surface area (Å²) >= 11 is 0. The first kappa shape index (κ1) is 9.84. The molecule has 0 fully saturated rings. The molecule has 0 amide bonds. The molecular formula is C13H11N3O. The molecule has 84 valence electrons. The maximum Gasteiger partial charge on any atom is 0.155 e. The van der Waals surface area contributed by atoms with E-state index in [4.69, 9.17) is 4.74 Å². The fraction of sp³-hybridized carbons (Fsp3) is 0.0769. The molecule has 2 heterocycles. The topological polar surface area (TPSA) is 39.4 Å². The number of hydrogen-bond donors (Lipinski definition) is 0. The van der Waals surface area contributed by atoms with Gasteiger partial charge in [0.2, 0.25) is 0 Å². The summed E-state index contributed by atoms with van der Waals surface area (Å²) in [5, 5.41) is 0. The number of nitrogens with zero attached hydrogens (tertiary/aromatic N) is 3. The normalized spacial score (nSPS) is 10.6. The smallest absolute Gasteiger partial charge is 0.155 e. The number of imidazole rings is 1. The quantitative estimate of drug-likeness (QED) is 0.672. The molecule has 0 N–H and O–H groups in total. The van der Waals surface area contributed by atoms with Gasteiger partial charge in [-0.25, -0.2) is 4.98 Å². The van der Waals surface area contributed by atoms with Crippen molar-refractivity contribution >= 4 is 5.65 Å². The van der Waals surface area contributed by atoms with Crippen molar-refractivity contribution in [3.63, 3.8) is 0 Å². The Hall–Kier alpha value is -2.36. The predicted molar refractivity (Wildman–Crippen MR) is 65.0 cm³/mol. The van der Waals surface area contributed by atoms with E-state index in [0.717, 1.165) is 22.7 Å². The second-order valence-electron chi connectivity index (χ2n) is 3.70. The van der Waals surface area contributed by atoms with Crippen molar-refractivity contribution in [3.8, 4) is 17.0 Å². The van der Waals surface area contributed by atoms with Crippen LogP contribution in [0.5, 0.6) is 5.75 Å². The van der Waals surface area contributed by atoms with Crippen LogP contribution in [0.4, 0.5) is 0 Å². The molecule has 0 aliphatic rings. The summed E-state index contributed by atoms with van der Waals surface area (Å²) in [7, 11) is 1.66. The van der Waals surface area contributed by atoms with Gasteiger partial charge in [-0.1, -0.05) is 12.1 Å². The van der Waals surface area contributed by atoms with Crippen molar-refractivity contribution in [3.05, 3.63) is 49.1 Å². The molecule has 0 unspecified atom stereocenters. The first-order valence-electron chi connectivity index (χ1n) is 5.30. The number of benzene rings is 1. The van der Waals surface area contributed by atoms with Crippen molar-refractivity contribution < 1.29 is 4.74 Å². The number of fused-ring (bicyclic) bond motifs is 1. The SMILES string of the molecule is COc1cccc(-c2cn3ccncc3n2)c1. The highest BCUT2D eigenvalue weighted by Crippen LogP contribution is 2.22. The van der Waals surface area contributed by atoms with Gasteiger partial charge < -0.3 is 9.14 Å². The lowest BCUT2D eigenvalue weighted by Crippen LogP contribution is -1.83. The molecule has 1 aromatic carbocycles. The molecular weight excluding hydrogens is 214 g/mol. The van der Waals surface area contributed by atoms with Gasteiger partial charge in [0.15, 0.2) is 5.65 Å². The summed E-state index contributed by atoms with van der Waals surface area (Å²) in [6.07, 6.45) is 7.34. The second-order valence-corrected chi connectivity index (χ2v) is 3.70. The molecule has 0 saturated carbocycles. The molecule has 0 atom stereocenters. The monoisotopic (exact) mass is 225 g/mol. The van der Waals surface area contributed by atoms with Gasteiger partial charge in [-0.3, -0.25) is 4.98 Å². The number of hydrogen-bond acceptors (Lipinski definition) is 3. The van der Waals surface area contributed by atoms with Crippen LogP contribution in [0.15, 0.2) is 49.1 Å². The van der Waals surface area contributed by atoms with E-state index < -0.39 is 0 Å². The standard InChI is InChI=1S/C13H11N3O/c1-17-11-4-2-3-10(7-11)12-9-16-6-5-14-8-13(16)15-12/h2-9H,1H3. The van der Waals surface area contributed by atoms with Crippen molar-refractivity contribution in [2.24, 2.45) is 0 Å². The van der Waals surface area contributed by atoms with Gasteiger partial charge in [-0.15, -0.1) is 0 Å². The van der Waals surface area contributed by atoms with Crippen molar-refractivity contribution in [2.45, 2.75) is 0 Å². The Bertz CT molecular complexity index is 627. The van der Waals surface area contributed by atoms with Gasteiger partial charge in [0.25, 0.3) is 0 Å². The summed E-state index contributed by atoms with van der Waals surface area (Å²) in [4.78, 5) is 8.55. The number of methoxy groups -OCH3 is 1. The summed E-state index contributed by atoms with van der Waals surface area (Å²) < 4.78 is 7.15. The van der Waals surface area contributed by atoms with Crippen LogP contribution in [0.2, 0.25) is 0 Å². The Morgan fingerprint density at radius 3 is 3.06 bits per heavy atom. The van der Waals surface area contributed by atoms with Gasteiger partial charge in [0.05, 0.1) is 19.0 Å². The zero-order valence-electron chi connectivity index (χ0n) is 9.37. The fourth-order valence-corrected chi connectivity index (χ4v) is 1.76. The minimum absolute atomic E-state index is 0.831. The number of ether oxygens (including phenoxy) is 1. The van der Waals surface area contributed by atoms with E-state index >= 15 is 0 Å². The molecule has 0 radical (unpaired) electrons. The van der Waals surface area contributed by atoms with Gasteiger partial charge >= 0.3 is 0 Å². The Morgan fingerprint density at radius 1 is 1.29 bits per heavy atom. The minimum Gasteiger partial charge on any atom is -0.497 e. The first-order chi connectivity index (χ1) is 8.36. The summed E-state index contributed by atoms with van der Waals surface area (Å²) in [6, 6.07) is 7.85. The highest BCUT2D eigenvalue weighted by atomic mass is 16.5. The Balaban J connectivity index is 2.13. The molecule has 3 rings (SSSR count). The van der Waals surface area contributed by atoms with Crippen LogP contribution in [-0.4, -0.2) is 21.5 Å². The maximum absolute atomic E-state index is 5.20. The van der Waals surface area contributed by atoms with Crippen LogP contribution in [0.25, 0.3) is 16.9 Å². The Morgan fingerprint density at radius 2 is 2.24 bits per heavy atom. The van der Waals surface area contributed by atoms with E-state index in [-0.39, 0.29) is 0 Å². The highest BCUT2D eigenvalue weighted by molar-refractivity contribution is 5.63. The van der Waals surface area contributed by atoms with Gasteiger partial charge in [-0.05, 0) is 12.1 Å². The molecule has 3 aromatic rings. The molecule has 2 aromatic heterocycles. The van der Waals surface area contributed by atoms with E-state index in [1.165, 1.54) is 0 Å². The van der Waals surface area contributed by atoms with E-state index in [9.17, 15) is 0 Å². The van der Waals surface area contributed by atoms with E-state index in [2.05, 4.69) is 9.97 Å². The van der Waals surface area contributed by atoms with Crippen LogP contribution in [-0.2, 0) is 0 Å². The third-order valence-electron chi connectivity index (χ3n) is 2.63. The van der Waals surface area contributed by atoms with Gasteiger partial charge in [-0.2, -0.15) is 0 Å². The first-order valence-corrected chi connectivity index (χ1v) is 5.30. The maximum atomic E-state index is 5.20. The average Bonchev–Trinajstić information content (AvgIpc) is 2.82. The van der Waals surface area contributed by atoms with Gasteiger partial charge in [0.1, 0.15) is 5.75 Å². The summed E-state index contributed by atoms with van der Waals surface area (Å²) in [5.41, 5.74) is 2.79. The molecule has 4 heteroatoms. The molecule has 0 bridgehead atoms. The van der Waals surface area contributed by atoms with Crippen molar-refractivity contribution in [1.29, 1.82) is 0 Å². The van der Waals surface area contributed by atoms with Crippen molar-refractivity contribution in [2.75, 3.05) is 7.11 Å². The Labute approximate surface area is 98.5 Å². The van der Waals surface area contributed by atoms with Crippen LogP contribution in [0, 0.1) is 0 Å². The van der Waals surface area contributed by atoms with Crippen LogP contribution in [0.3, 0.4) is 0 Å². The fourth-order valence-electron chi connectivity index (χ4n) is 1.76. The lowest BCUT2D eigenvalue weighted by molar-refractivity contribution is 0.415. The van der Waals surface area contributed by atoms with E-state index in [1.807, 2.05) is 41.1 Å².